The maximum Gasteiger partial charge on any atom is 0.472 e. The number of phosphoric acid groups is 1. The largest absolute Gasteiger partial charge is 0.472 e. The van der Waals surface area contributed by atoms with Crippen LogP contribution in [-0.2, 0) is 42.2 Å². The number of unbranched alkanes of at least 4 members (excludes halogenated alkanes) is 1. The molecule has 0 spiro atoms. The number of esters is 1. The quantitative estimate of drug-likeness (QED) is 0.0508. The van der Waals surface area contributed by atoms with Crippen LogP contribution in [0.2, 0.25) is 0 Å². The van der Waals surface area contributed by atoms with Gasteiger partial charge in [0.2, 0.25) is 0 Å². The van der Waals surface area contributed by atoms with Crippen molar-refractivity contribution in [1.29, 1.82) is 0 Å². The minimum Gasteiger partial charge on any atom is -0.465 e. The number of aliphatic hydroxyl groups is 1. The van der Waals surface area contributed by atoms with Gasteiger partial charge >= 0.3 is 25.6 Å². The van der Waals surface area contributed by atoms with E-state index in [1.54, 1.807) is 24.6 Å². The van der Waals surface area contributed by atoms with Gasteiger partial charge in [-0.15, -0.1) is 12.3 Å². The molecule has 1 aromatic heterocycles. The van der Waals surface area contributed by atoms with Crippen LogP contribution in [0.25, 0.3) is 0 Å². The molecule has 43 heavy (non-hydrogen) atoms. The lowest BCUT2D eigenvalue weighted by atomic mass is 9.87. The normalized spacial score (nSPS) is 20.5. The molecular formula is C25H37N2O13PS2. The molecule has 0 amide bonds. The van der Waals surface area contributed by atoms with E-state index in [4.69, 9.17) is 39.3 Å². The smallest absolute Gasteiger partial charge is 0.465 e. The molecule has 0 saturated carbocycles. The van der Waals surface area contributed by atoms with Crippen molar-refractivity contribution in [2.45, 2.75) is 64.9 Å². The molecule has 0 aromatic carbocycles. The molecule has 2 rings (SSSR count). The van der Waals surface area contributed by atoms with Crippen LogP contribution in [0.4, 0.5) is 0 Å². The van der Waals surface area contributed by atoms with E-state index < -0.39 is 62.1 Å². The van der Waals surface area contributed by atoms with Gasteiger partial charge in [-0.1, -0.05) is 28.5 Å². The predicted molar refractivity (Wildman–Crippen MR) is 156 cm³/mol. The number of phosphoric ester groups is 1. The number of aromatic amines is 1. The van der Waals surface area contributed by atoms with Crippen LogP contribution in [0.15, 0.2) is 15.8 Å². The first-order valence-electron chi connectivity index (χ1n) is 13.1. The number of nitrogens with zero attached hydrogens (tertiary/aromatic N) is 1. The van der Waals surface area contributed by atoms with Gasteiger partial charge in [-0.05, 0) is 26.7 Å². The number of carbonyl (C=O) groups is 1. The summed E-state index contributed by atoms with van der Waals surface area (Å²) in [6.45, 7) is 3.71. The van der Waals surface area contributed by atoms with E-state index in [1.165, 1.54) is 23.9 Å². The van der Waals surface area contributed by atoms with Crippen molar-refractivity contribution in [2.24, 2.45) is 5.41 Å². The number of hydrogen-bond donors (Lipinski definition) is 3. The first-order chi connectivity index (χ1) is 20.4. The van der Waals surface area contributed by atoms with Gasteiger partial charge in [0.05, 0.1) is 26.4 Å². The third kappa shape index (κ3) is 12.7. The monoisotopic (exact) mass is 668 g/mol. The summed E-state index contributed by atoms with van der Waals surface area (Å²) in [4.78, 5) is 65.7. The highest BCUT2D eigenvalue weighted by atomic mass is 33.1. The number of hydrogen-bond acceptors (Lipinski definition) is 14. The van der Waals surface area contributed by atoms with Crippen LogP contribution in [0, 0.1) is 24.7 Å². The van der Waals surface area contributed by atoms with Crippen molar-refractivity contribution < 1.29 is 52.2 Å². The van der Waals surface area contributed by atoms with E-state index >= 15 is 0 Å². The molecule has 3 N–H and O–H groups in total. The number of aromatic nitrogens is 2. The molecule has 1 saturated heterocycles. The van der Waals surface area contributed by atoms with Crippen molar-refractivity contribution in [3.05, 3.63) is 32.6 Å². The molecule has 5 atom stereocenters. The van der Waals surface area contributed by atoms with Gasteiger partial charge in [0.1, 0.15) is 29.8 Å². The number of nitrogens with one attached hydrogen (secondary N) is 1. The number of terminal acetylenes is 1. The highest BCUT2D eigenvalue weighted by Crippen LogP contribution is 2.49. The molecule has 1 aliphatic heterocycles. The molecule has 0 aliphatic carbocycles. The molecule has 1 aliphatic rings. The maximum atomic E-state index is 12.9. The maximum absolute atomic E-state index is 12.9. The van der Waals surface area contributed by atoms with Gasteiger partial charge in [0.15, 0.2) is 0 Å². The fourth-order valence-electron chi connectivity index (χ4n) is 3.74. The summed E-state index contributed by atoms with van der Waals surface area (Å²) >= 11 is 0. The van der Waals surface area contributed by atoms with Crippen molar-refractivity contribution in [3.8, 4) is 12.3 Å². The summed E-state index contributed by atoms with van der Waals surface area (Å²) in [6.07, 6.45) is 5.26. The molecule has 3 unspecified atom stereocenters. The molecule has 1 fully saturated rings. The third-order valence-corrected chi connectivity index (χ3v) is 9.28. The van der Waals surface area contributed by atoms with Crippen molar-refractivity contribution in [2.75, 3.05) is 38.1 Å². The van der Waals surface area contributed by atoms with Crippen LogP contribution >= 0.6 is 29.4 Å². The standard InChI is InChI=1S/C24H37N2O11PS2.CO2/c1-5-8-9-10-39-40-16-33-14-24(6-2,22(29)34-7-3)15-35-38(31,32)37-18-11-20(36-19(18)13-27)26-12-17(4)21(28)25-23(26)30;2-1-3/h1,12,18-20,27H,6-11,13-16H2,2-4H3,(H,31,32)(H,25,28,30);/t18?,19-,20-,24?;/m1./s1. The van der Waals surface area contributed by atoms with E-state index in [1.807, 2.05) is 0 Å². The van der Waals surface area contributed by atoms with Crippen molar-refractivity contribution >= 4 is 41.5 Å². The van der Waals surface area contributed by atoms with Gasteiger partial charge in [0.25, 0.3) is 5.56 Å². The fraction of sp³-hybridized carbons (Fsp3) is 0.680. The molecule has 1 aromatic rings. The predicted octanol–water partition coefficient (Wildman–Crippen LogP) is 1.77. The second-order valence-corrected chi connectivity index (χ2v) is 13.0. The lowest BCUT2D eigenvalue weighted by Gasteiger charge is -2.30. The van der Waals surface area contributed by atoms with E-state index in [0.717, 1.165) is 16.7 Å². The lowest BCUT2D eigenvalue weighted by molar-refractivity contribution is -0.191. The highest BCUT2D eigenvalue weighted by molar-refractivity contribution is 8.76. The Labute approximate surface area is 256 Å². The summed E-state index contributed by atoms with van der Waals surface area (Å²) in [5.41, 5.74) is -2.42. The summed E-state index contributed by atoms with van der Waals surface area (Å²) in [5, 5.41) is 9.74. The average Bonchev–Trinajstić information content (AvgIpc) is 3.36. The second-order valence-electron chi connectivity index (χ2n) is 9.06. The minimum atomic E-state index is -4.79. The Morgan fingerprint density at radius 2 is 2.00 bits per heavy atom. The second kappa shape index (κ2) is 19.9. The number of ether oxygens (including phenoxy) is 3. The lowest BCUT2D eigenvalue weighted by Crippen LogP contribution is -2.41. The first kappa shape index (κ1) is 38.8. The Balaban J connectivity index is 0.00000295. The first-order valence-corrected chi connectivity index (χ1v) is 17.1. The van der Waals surface area contributed by atoms with Gasteiger partial charge in [-0.25, -0.2) is 9.36 Å². The topological polar surface area (TPSA) is 210 Å². The molecule has 2 heterocycles. The number of aryl methyl sites for hydroxylation is 1. The fourth-order valence-corrected chi connectivity index (χ4v) is 6.49. The van der Waals surface area contributed by atoms with Gasteiger partial charge in [0, 0.05) is 30.4 Å². The van der Waals surface area contributed by atoms with Gasteiger partial charge in [-0.2, -0.15) is 9.59 Å². The van der Waals surface area contributed by atoms with E-state index in [-0.39, 0.29) is 43.7 Å². The zero-order chi connectivity index (χ0) is 32.5. The SMILES string of the molecule is C#CCCCSSCOCC(CC)(COP(=O)(O)OC1C[C@H](n2cc(C)c(=O)[nH]c2=O)O[C@@H]1CO)C(=O)OCC.O=C=O. The van der Waals surface area contributed by atoms with E-state index in [2.05, 4.69) is 10.9 Å². The molecular weight excluding hydrogens is 631 g/mol. The number of H-pyrrole nitrogens is 1. The van der Waals surface area contributed by atoms with Crippen LogP contribution in [0.5, 0.6) is 0 Å². The van der Waals surface area contributed by atoms with E-state index in [0.29, 0.717) is 6.42 Å². The van der Waals surface area contributed by atoms with Crippen molar-refractivity contribution in [3.63, 3.8) is 0 Å². The minimum absolute atomic E-state index is 0.0935. The van der Waals surface area contributed by atoms with Crippen LogP contribution in [0.3, 0.4) is 0 Å². The zero-order valence-corrected chi connectivity index (χ0v) is 26.6. The Bertz CT molecular complexity index is 1260. The van der Waals surface area contributed by atoms with E-state index in [9.17, 15) is 28.9 Å². The van der Waals surface area contributed by atoms with Crippen LogP contribution in [0.1, 0.15) is 51.3 Å². The van der Waals surface area contributed by atoms with Crippen LogP contribution < -0.4 is 11.2 Å². The Morgan fingerprint density at radius 3 is 2.60 bits per heavy atom. The highest BCUT2D eigenvalue weighted by Gasteiger charge is 2.45. The number of carbonyl (C=O) groups excluding carboxylic acids is 3. The summed E-state index contributed by atoms with van der Waals surface area (Å²) in [7, 11) is -1.76. The Kier molecular flexibility index (Phi) is 18.0. The molecule has 242 valence electrons. The molecule has 18 heteroatoms. The zero-order valence-electron chi connectivity index (χ0n) is 24.1. The molecule has 0 radical (unpaired) electrons. The average molecular weight is 669 g/mol. The van der Waals surface area contributed by atoms with Crippen molar-refractivity contribution in [1.82, 2.24) is 9.55 Å². The number of rotatable bonds is 18. The molecule has 15 nitrogen and oxygen atoms in total. The number of aliphatic hydroxyl groups excluding tert-OH is 1. The third-order valence-electron chi connectivity index (χ3n) is 6.12. The van der Waals surface area contributed by atoms with Gasteiger partial charge in [-0.3, -0.25) is 28.2 Å². The summed E-state index contributed by atoms with van der Waals surface area (Å²) in [6, 6.07) is 0. The Morgan fingerprint density at radius 1 is 1.30 bits per heavy atom. The summed E-state index contributed by atoms with van der Waals surface area (Å²) < 4.78 is 41.1. The van der Waals surface area contributed by atoms with Gasteiger partial charge < -0.3 is 24.2 Å². The Hall–Kier alpha value is -2.22. The van der Waals surface area contributed by atoms with Crippen LogP contribution in [-0.4, -0.2) is 82.0 Å². The molecule has 0 bridgehead atoms. The summed E-state index contributed by atoms with van der Waals surface area (Å²) in [5.74, 6) is 3.04.